The van der Waals surface area contributed by atoms with Gasteiger partial charge in [-0.1, -0.05) is 26.0 Å². The molecule has 1 aliphatic carbocycles. The first-order valence-electron chi connectivity index (χ1n) is 8.00. The molecular formula is C18H25NO3. The van der Waals surface area contributed by atoms with Crippen LogP contribution in [0.1, 0.15) is 55.5 Å². The van der Waals surface area contributed by atoms with Crippen LogP contribution in [0.15, 0.2) is 24.3 Å². The first-order chi connectivity index (χ1) is 10.5. The van der Waals surface area contributed by atoms with Crippen LogP contribution in [0.4, 0.5) is 0 Å². The van der Waals surface area contributed by atoms with Gasteiger partial charge < -0.3 is 10.1 Å². The topological polar surface area (TPSA) is 55.4 Å². The fraction of sp³-hybridized carbons (Fsp3) is 0.556. The molecule has 4 heteroatoms. The number of ether oxygens (including phenoxy) is 1. The lowest BCUT2D eigenvalue weighted by molar-refractivity contribution is -0.150. The van der Waals surface area contributed by atoms with Crippen LogP contribution in [0.2, 0.25) is 0 Å². The van der Waals surface area contributed by atoms with Gasteiger partial charge in [-0.3, -0.25) is 4.79 Å². The Bertz CT molecular complexity index is 528. The molecule has 0 spiro atoms. The summed E-state index contributed by atoms with van der Waals surface area (Å²) in [6.07, 6.45) is 4.05. The Morgan fingerprint density at radius 3 is 2.32 bits per heavy atom. The van der Waals surface area contributed by atoms with Crippen LogP contribution < -0.4 is 5.32 Å². The van der Waals surface area contributed by atoms with Crippen molar-refractivity contribution in [2.24, 2.45) is 5.92 Å². The van der Waals surface area contributed by atoms with E-state index in [1.54, 1.807) is 0 Å². The second-order valence-corrected chi connectivity index (χ2v) is 6.26. The summed E-state index contributed by atoms with van der Waals surface area (Å²) in [5, 5.41) is 2.94. The molecule has 1 saturated carbocycles. The van der Waals surface area contributed by atoms with Gasteiger partial charge in [-0.2, -0.15) is 0 Å². The fourth-order valence-corrected chi connectivity index (χ4v) is 3.01. The summed E-state index contributed by atoms with van der Waals surface area (Å²) in [6, 6.07) is 7.51. The van der Waals surface area contributed by atoms with E-state index in [2.05, 4.69) is 19.2 Å². The third kappa shape index (κ3) is 3.49. The number of esters is 1. The largest absolute Gasteiger partial charge is 0.467 e. The number of amides is 1. The highest BCUT2D eigenvalue weighted by atomic mass is 16.5. The average molecular weight is 303 g/mol. The maximum absolute atomic E-state index is 12.5. The van der Waals surface area contributed by atoms with Crippen molar-refractivity contribution in [3.8, 4) is 0 Å². The Morgan fingerprint density at radius 2 is 1.82 bits per heavy atom. The molecule has 1 N–H and O–H groups in total. The summed E-state index contributed by atoms with van der Waals surface area (Å²) in [4.78, 5) is 24.7. The molecule has 0 atom stereocenters. The van der Waals surface area contributed by atoms with E-state index in [1.807, 2.05) is 24.3 Å². The number of carbonyl (C=O) groups excluding carboxylic acids is 2. The molecule has 0 radical (unpaired) electrons. The van der Waals surface area contributed by atoms with Crippen molar-refractivity contribution in [2.45, 2.75) is 51.5 Å². The zero-order valence-electron chi connectivity index (χ0n) is 13.6. The molecule has 0 unspecified atom stereocenters. The zero-order chi connectivity index (χ0) is 16.2. The van der Waals surface area contributed by atoms with Gasteiger partial charge in [0.05, 0.1) is 7.11 Å². The normalized spacial score (nSPS) is 24.6. The van der Waals surface area contributed by atoms with Gasteiger partial charge in [0.2, 0.25) is 0 Å². The number of aryl methyl sites for hydroxylation is 1. The molecule has 2 rings (SSSR count). The SMILES string of the molecule is CCc1ccc(C(=O)NC2(C(=O)OC)CCC(C)CC2)cc1. The van der Waals surface area contributed by atoms with Crippen LogP contribution in [0.5, 0.6) is 0 Å². The van der Waals surface area contributed by atoms with Crippen LogP contribution in [0.3, 0.4) is 0 Å². The highest BCUT2D eigenvalue weighted by molar-refractivity contribution is 5.98. The van der Waals surface area contributed by atoms with Crippen molar-refractivity contribution >= 4 is 11.9 Å². The monoisotopic (exact) mass is 303 g/mol. The summed E-state index contributed by atoms with van der Waals surface area (Å²) < 4.78 is 4.95. The van der Waals surface area contributed by atoms with E-state index in [1.165, 1.54) is 12.7 Å². The quantitative estimate of drug-likeness (QED) is 0.870. The van der Waals surface area contributed by atoms with Crippen LogP contribution >= 0.6 is 0 Å². The molecule has 1 aliphatic rings. The summed E-state index contributed by atoms with van der Waals surface area (Å²) in [5.41, 5.74) is 0.895. The molecule has 0 saturated heterocycles. The van der Waals surface area contributed by atoms with E-state index in [4.69, 9.17) is 4.74 Å². The van der Waals surface area contributed by atoms with E-state index >= 15 is 0 Å². The Kier molecular flexibility index (Phi) is 5.22. The number of hydrogen-bond acceptors (Lipinski definition) is 3. The van der Waals surface area contributed by atoms with Crippen LogP contribution in [-0.2, 0) is 16.0 Å². The molecule has 0 heterocycles. The maximum atomic E-state index is 12.5. The lowest BCUT2D eigenvalue weighted by atomic mass is 9.77. The summed E-state index contributed by atoms with van der Waals surface area (Å²) in [5.74, 6) is 0.0408. The molecule has 22 heavy (non-hydrogen) atoms. The van der Waals surface area contributed by atoms with E-state index in [0.29, 0.717) is 24.3 Å². The molecule has 1 fully saturated rings. The fourth-order valence-electron chi connectivity index (χ4n) is 3.01. The van der Waals surface area contributed by atoms with Crippen LogP contribution in [-0.4, -0.2) is 24.5 Å². The number of rotatable bonds is 4. The van der Waals surface area contributed by atoms with Crippen molar-refractivity contribution in [2.75, 3.05) is 7.11 Å². The number of hydrogen-bond donors (Lipinski definition) is 1. The Morgan fingerprint density at radius 1 is 1.23 bits per heavy atom. The van der Waals surface area contributed by atoms with Gasteiger partial charge in [0.15, 0.2) is 0 Å². The van der Waals surface area contributed by atoms with Gasteiger partial charge in [-0.05, 0) is 55.7 Å². The minimum atomic E-state index is -0.873. The average Bonchev–Trinajstić information content (AvgIpc) is 2.56. The van der Waals surface area contributed by atoms with Gasteiger partial charge in [0.1, 0.15) is 5.54 Å². The summed E-state index contributed by atoms with van der Waals surface area (Å²) in [7, 11) is 1.38. The van der Waals surface area contributed by atoms with E-state index < -0.39 is 5.54 Å². The first-order valence-corrected chi connectivity index (χ1v) is 8.00. The number of methoxy groups -OCH3 is 1. The summed E-state index contributed by atoms with van der Waals surface area (Å²) in [6.45, 7) is 4.25. The second kappa shape index (κ2) is 6.95. The van der Waals surface area contributed by atoms with Crippen molar-refractivity contribution in [3.05, 3.63) is 35.4 Å². The highest BCUT2D eigenvalue weighted by Gasteiger charge is 2.43. The predicted octanol–water partition coefficient (Wildman–Crippen LogP) is 3.10. The van der Waals surface area contributed by atoms with Gasteiger partial charge in [0.25, 0.3) is 5.91 Å². The van der Waals surface area contributed by atoms with E-state index in [-0.39, 0.29) is 11.9 Å². The Labute approximate surface area is 132 Å². The molecule has 0 aliphatic heterocycles. The lowest BCUT2D eigenvalue weighted by Gasteiger charge is -2.37. The predicted molar refractivity (Wildman–Crippen MR) is 85.7 cm³/mol. The minimum absolute atomic E-state index is 0.206. The number of benzene rings is 1. The van der Waals surface area contributed by atoms with Gasteiger partial charge in [-0.15, -0.1) is 0 Å². The standard InChI is InChI=1S/C18H25NO3/c1-4-14-5-7-15(8-6-14)16(20)19-18(17(21)22-3)11-9-13(2)10-12-18/h5-8,13H,4,9-12H2,1-3H3,(H,19,20). The van der Waals surface area contributed by atoms with E-state index in [9.17, 15) is 9.59 Å². The minimum Gasteiger partial charge on any atom is -0.467 e. The molecule has 0 bridgehead atoms. The van der Waals surface area contributed by atoms with Crippen LogP contribution in [0, 0.1) is 5.92 Å². The van der Waals surface area contributed by atoms with Crippen LogP contribution in [0.25, 0.3) is 0 Å². The van der Waals surface area contributed by atoms with Crippen molar-refractivity contribution in [3.63, 3.8) is 0 Å². The lowest BCUT2D eigenvalue weighted by Crippen LogP contribution is -2.56. The molecular weight excluding hydrogens is 278 g/mol. The van der Waals surface area contributed by atoms with E-state index in [0.717, 1.165) is 19.3 Å². The smallest absolute Gasteiger partial charge is 0.331 e. The van der Waals surface area contributed by atoms with Crippen molar-refractivity contribution in [1.82, 2.24) is 5.32 Å². The Hall–Kier alpha value is -1.84. The third-order valence-corrected chi connectivity index (χ3v) is 4.68. The third-order valence-electron chi connectivity index (χ3n) is 4.68. The summed E-state index contributed by atoms with van der Waals surface area (Å²) >= 11 is 0. The molecule has 0 aromatic heterocycles. The number of nitrogens with one attached hydrogen (secondary N) is 1. The molecule has 1 aromatic carbocycles. The highest BCUT2D eigenvalue weighted by Crippen LogP contribution is 2.33. The van der Waals surface area contributed by atoms with Crippen molar-refractivity contribution < 1.29 is 14.3 Å². The second-order valence-electron chi connectivity index (χ2n) is 6.26. The zero-order valence-corrected chi connectivity index (χ0v) is 13.6. The van der Waals surface area contributed by atoms with Gasteiger partial charge in [-0.25, -0.2) is 4.79 Å². The number of carbonyl (C=O) groups is 2. The van der Waals surface area contributed by atoms with Gasteiger partial charge in [0, 0.05) is 5.56 Å². The maximum Gasteiger partial charge on any atom is 0.331 e. The molecule has 4 nitrogen and oxygen atoms in total. The van der Waals surface area contributed by atoms with Crippen molar-refractivity contribution in [1.29, 1.82) is 0 Å². The molecule has 120 valence electrons. The van der Waals surface area contributed by atoms with Gasteiger partial charge >= 0.3 is 5.97 Å². The molecule has 1 aromatic rings. The Balaban J connectivity index is 2.15. The first kappa shape index (κ1) is 16.5. The molecule has 1 amide bonds.